The van der Waals surface area contributed by atoms with Gasteiger partial charge >= 0.3 is 5.97 Å². The van der Waals surface area contributed by atoms with Crippen LogP contribution in [0.2, 0.25) is 0 Å². The number of fused-ring (bicyclic) bond motifs is 2. The Balaban J connectivity index is 1.31. The minimum Gasteiger partial charge on any atom is -0.496 e. The number of nitrogens with one attached hydrogen (secondary N) is 2. The van der Waals surface area contributed by atoms with Gasteiger partial charge in [-0.05, 0) is 104 Å². The van der Waals surface area contributed by atoms with Gasteiger partial charge in [-0.25, -0.2) is 4.39 Å². The first-order valence-electron chi connectivity index (χ1n) is 13.4. The lowest BCUT2D eigenvalue weighted by atomic mass is 9.83. The maximum atomic E-state index is 14.9. The number of anilines is 1. The second kappa shape index (κ2) is 11.7. The van der Waals surface area contributed by atoms with Gasteiger partial charge in [-0.2, -0.15) is 0 Å². The SMILES string of the molecule is COc1cc(F)c(OC2CCC(C(=O)O)CC2)cc1C(=O)NC1C2CCC(C2)C1C(=O)Nc1cccc(I)c1. The van der Waals surface area contributed by atoms with Crippen LogP contribution in [0.25, 0.3) is 0 Å². The van der Waals surface area contributed by atoms with Crippen molar-refractivity contribution in [1.82, 2.24) is 5.32 Å². The smallest absolute Gasteiger partial charge is 0.306 e. The Hall–Kier alpha value is -2.89. The van der Waals surface area contributed by atoms with Crippen molar-refractivity contribution in [2.75, 3.05) is 12.4 Å². The number of hydrogen-bond donors (Lipinski definition) is 3. The molecule has 0 heterocycles. The monoisotopic (exact) mass is 650 g/mol. The van der Waals surface area contributed by atoms with Gasteiger partial charge in [0.1, 0.15) is 5.75 Å². The fourth-order valence-electron chi connectivity index (χ4n) is 6.48. The lowest BCUT2D eigenvalue weighted by molar-refractivity contribution is -0.143. The Labute approximate surface area is 240 Å². The molecule has 2 aromatic rings. The largest absolute Gasteiger partial charge is 0.496 e. The predicted molar refractivity (Wildman–Crippen MR) is 150 cm³/mol. The number of aliphatic carboxylic acids is 1. The molecular weight excluding hydrogens is 618 g/mol. The standard InChI is InChI=1S/C29H32FIN2O6/c1-38-23-14-22(30)24(39-20-9-7-15(8-10-20)29(36)37)13-21(23)27(34)33-26-17-6-5-16(11-17)25(26)28(35)32-19-4-2-3-18(31)12-19/h2-4,12-17,20,25-26H,5-11H2,1H3,(H,32,35)(H,33,34)(H,36,37). The van der Waals surface area contributed by atoms with Gasteiger partial charge in [-0.3, -0.25) is 14.4 Å². The number of hydrogen-bond acceptors (Lipinski definition) is 5. The van der Waals surface area contributed by atoms with Crippen LogP contribution in [0.5, 0.6) is 11.5 Å². The first-order valence-corrected chi connectivity index (χ1v) is 14.5. The third kappa shape index (κ3) is 6.00. The molecule has 0 saturated heterocycles. The van der Waals surface area contributed by atoms with E-state index in [1.54, 1.807) is 0 Å². The van der Waals surface area contributed by atoms with Gasteiger partial charge in [-0.1, -0.05) is 6.07 Å². The molecule has 39 heavy (non-hydrogen) atoms. The molecule has 2 aromatic carbocycles. The minimum atomic E-state index is -0.825. The summed E-state index contributed by atoms with van der Waals surface area (Å²) in [6.45, 7) is 0. The number of carboxylic acids is 1. The molecule has 3 aliphatic carbocycles. The van der Waals surface area contributed by atoms with Gasteiger partial charge in [0.25, 0.3) is 5.91 Å². The topological polar surface area (TPSA) is 114 Å². The average Bonchev–Trinajstić information content (AvgIpc) is 3.52. The Bertz CT molecular complexity index is 1260. The molecule has 3 saturated carbocycles. The molecule has 2 bridgehead atoms. The highest BCUT2D eigenvalue weighted by molar-refractivity contribution is 14.1. The number of rotatable bonds is 8. The Morgan fingerprint density at radius 2 is 1.74 bits per heavy atom. The van der Waals surface area contributed by atoms with Gasteiger partial charge in [0.2, 0.25) is 5.91 Å². The Kier molecular flexibility index (Phi) is 8.29. The van der Waals surface area contributed by atoms with Crippen LogP contribution in [-0.2, 0) is 9.59 Å². The van der Waals surface area contributed by atoms with Crippen molar-refractivity contribution in [3.05, 3.63) is 51.3 Å². The fourth-order valence-corrected chi connectivity index (χ4v) is 7.02. The molecule has 3 fully saturated rings. The number of halogens is 2. The number of carbonyl (C=O) groups excluding carboxylic acids is 2. The van der Waals surface area contributed by atoms with Crippen molar-refractivity contribution < 1.29 is 33.4 Å². The maximum Gasteiger partial charge on any atom is 0.306 e. The number of amides is 2. The summed E-state index contributed by atoms with van der Waals surface area (Å²) >= 11 is 2.20. The highest BCUT2D eigenvalue weighted by Gasteiger charge is 2.51. The highest BCUT2D eigenvalue weighted by atomic mass is 127. The van der Waals surface area contributed by atoms with Crippen LogP contribution in [0.1, 0.15) is 55.3 Å². The summed E-state index contributed by atoms with van der Waals surface area (Å²) in [6, 6.07) is 9.72. The van der Waals surface area contributed by atoms with Crippen LogP contribution < -0.4 is 20.1 Å². The molecule has 5 rings (SSSR count). The molecule has 0 spiro atoms. The molecule has 3 aliphatic rings. The number of carboxylic acid groups (broad SMARTS) is 1. The molecule has 0 aliphatic heterocycles. The number of methoxy groups -OCH3 is 1. The second-order valence-corrected chi connectivity index (χ2v) is 12.0. The van der Waals surface area contributed by atoms with Crippen molar-refractivity contribution in [2.24, 2.45) is 23.7 Å². The first-order chi connectivity index (χ1) is 18.7. The molecule has 10 heteroatoms. The second-order valence-electron chi connectivity index (χ2n) is 10.8. The van der Waals surface area contributed by atoms with Crippen LogP contribution in [0.15, 0.2) is 36.4 Å². The summed E-state index contributed by atoms with van der Waals surface area (Å²) in [4.78, 5) is 38.1. The van der Waals surface area contributed by atoms with Crippen molar-refractivity contribution in [2.45, 2.75) is 57.1 Å². The lowest BCUT2D eigenvalue weighted by Crippen LogP contribution is -2.48. The van der Waals surface area contributed by atoms with E-state index in [9.17, 15) is 23.9 Å². The van der Waals surface area contributed by atoms with Gasteiger partial charge < -0.3 is 25.2 Å². The Morgan fingerprint density at radius 3 is 2.44 bits per heavy atom. The third-order valence-electron chi connectivity index (χ3n) is 8.42. The molecule has 4 unspecified atom stereocenters. The number of carbonyl (C=O) groups is 3. The van der Waals surface area contributed by atoms with E-state index in [0.717, 1.165) is 34.6 Å². The molecular formula is C29H32FIN2O6. The van der Waals surface area contributed by atoms with E-state index < -0.39 is 23.6 Å². The zero-order chi connectivity index (χ0) is 27.7. The molecule has 4 atom stereocenters. The van der Waals surface area contributed by atoms with Crippen molar-refractivity contribution in [1.29, 1.82) is 0 Å². The molecule has 8 nitrogen and oxygen atoms in total. The van der Waals surface area contributed by atoms with Crippen molar-refractivity contribution >= 4 is 46.1 Å². The van der Waals surface area contributed by atoms with Crippen LogP contribution >= 0.6 is 22.6 Å². The fraction of sp³-hybridized carbons (Fsp3) is 0.483. The molecule has 0 radical (unpaired) electrons. The van der Waals surface area contributed by atoms with Crippen molar-refractivity contribution in [3.8, 4) is 11.5 Å². The van der Waals surface area contributed by atoms with Gasteiger partial charge in [0.15, 0.2) is 11.6 Å². The predicted octanol–water partition coefficient (Wildman–Crippen LogP) is 5.24. The van der Waals surface area contributed by atoms with Crippen LogP contribution in [0, 0.1) is 33.1 Å². The summed E-state index contributed by atoms with van der Waals surface area (Å²) in [5, 5.41) is 15.3. The van der Waals surface area contributed by atoms with Crippen LogP contribution in [0.3, 0.4) is 0 Å². The van der Waals surface area contributed by atoms with E-state index in [0.29, 0.717) is 25.7 Å². The Morgan fingerprint density at radius 1 is 1.00 bits per heavy atom. The van der Waals surface area contributed by atoms with E-state index in [1.807, 2.05) is 24.3 Å². The quantitative estimate of drug-likeness (QED) is 0.337. The maximum absolute atomic E-state index is 14.9. The number of benzene rings is 2. The normalized spacial score (nSPS) is 27.6. The van der Waals surface area contributed by atoms with E-state index >= 15 is 0 Å². The van der Waals surface area contributed by atoms with E-state index in [4.69, 9.17) is 9.47 Å². The average molecular weight is 650 g/mol. The highest BCUT2D eigenvalue weighted by Crippen LogP contribution is 2.49. The van der Waals surface area contributed by atoms with E-state index in [-0.39, 0.29) is 52.9 Å². The first kappa shape index (κ1) is 27.7. The van der Waals surface area contributed by atoms with Crippen LogP contribution in [0.4, 0.5) is 10.1 Å². The summed E-state index contributed by atoms with van der Waals surface area (Å²) in [6.07, 6.45) is 4.34. The third-order valence-corrected chi connectivity index (χ3v) is 9.10. The zero-order valence-electron chi connectivity index (χ0n) is 21.6. The van der Waals surface area contributed by atoms with E-state index in [1.165, 1.54) is 13.2 Å². The van der Waals surface area contributed by atoms with Gasteiger partial charge in [0, 0.05) is 21.4 Å². The van der Waals surface area contributed by atoms with Gasteiger partial charge in [0.05, 0.1) is 30.6 Å². The lowest BCUT2D eigenvalue weighted by Gasteiger charge is -2.31. The summed E-state index contributed by atoms with van der Waals surface area (Å²) in [7, 11) is 1.37. The molecule has 3 N–H and O–H groups in total. The molecule has 2 amide bonds. The van der Waals surface area contributed by atoms with E-state index in [2.05, 4.69) is 33.2 Å². The molecule has 208 valence electrons. The number of ether oxygens (including phenoxy) is 2. The zero-order valence-corrected chi connectivity index (χ0v) is 23.8. The summed E-state index contributed by atoms with van der Waals surface area (Å²) in [5.41, 5.74) is 0.854. The summed E-state index contributed by atoms with van der Waals surface area (Å²) < 4.78 is 27.1. The van der Waals surface area contributed by atoms with Gasteiger partial charge in [-0.15, -0.1) is 0 Å². The summed E-state index contributed by atoms with van der Waals surface area (Å²) in [5.74, 6) is -2.42. The molecule has 0 aromatic heterocycles. The van der Waals surface area contributed by atoms with Crippen molar-refractivity contribution in [3.63, 3.8) is 0 Å². The minimum absolute atomic E-state index is 0.0689. The van der Waals surface area contributed by atoms with Crippen LogP contribution in [-0.4, -0.2) is 42.1 Å².